The number of aromatic nitrogens is 1. The van der Waals surface area contributed by atoms with E-state index in [0.29, 0.717) is 22.5 Å². The largest absolute Gasteiger partial charge is 0.465 e. The Hall–Kier alpha value is -2.36. The van der Waals surface area contributed by atoms with E-state index in [1.165, 1.54) is 24.3 Å². The zero-order chi connectivity index (χ0) is 25.2. The van der Waals surface area contributed by atoms with Crippen LogP contribution in [0.5, 0.6) is 0 Å². The van der Waals surface area contributed by atoms with Gasteiger partial charge in [0.1, 0.15) is 11.7 Å². The summed E-state index contributed by atoms with van der Waals surface area (Å²) in [7, 11) is -3.92. The normalized spacial score (nSPS) is 13.5. The molecule has 0 spiro atoms. The molecule has 1 amide bonds. The van der Waals surface area contributed by atoms with E-state index < -0.39 is 25.5 Å². The monoisotopic (exact) mass is 502 g/mol. The summed E-state index contributed by atoms with van der Waals surface area (Å²) in [4.78, 5) is 29.4. The number of rotatable bonds is 10. The fourth-order valence-corrected chi connectivity index (χ4v) is 5.57. The number of ether oxygens (including phenoxy) is 2. The first-order valence-electron chi connectivity index (χ1n) is 10.9. The van der Waals surface area contributed by atoms with Gasteiger partial charge in [0.25, 0.3) is 0 Å². The van der Waals surface area contributed by atoms with Crippen LogP contribution in [0.25, 0.3) is 11.5 Å². The van der Waals surface area contributed by atoms with Gasteiger partial charge in [-0.3, -0.25) is 14.4 Å². The quantitative estimate of drug-likeness (QED) is 0.319. The number of nitrogens with two attached hydrogens (primary N) is 1. The number of carbonyl (C=O) groups excluding carboxylic acids is 2. The van der Waals surface area contributed by atoms with Crippen LogP contribution in [-0.2, 0) is 25.3 Å². The first-order chi connectivity index (χ1) is 15.6. The van der Waals surface area contributed by atoms with Crippen LogP contribution >= 0.6 is 18.8 Å². The van der Waals surface area contributed by atoms with Gasteiger partial charge in [-0.15, -0.1) is 11.3 Å². The lowest BCUT2D eigenvalue weighted by Gasteiger charge is -2.21. The summed E-state index contributed by atoms with van der Waals surface area (Å²) in [5, 5.41) is 5.32. The van der Waals surface area contributed by atoms with Crippen LogP contribution in [0.4, 0.5) is 9.93 Å². The molecule has 0 aliphatic heterocycles. The van der Waals surface area contributed by atoms with Crippen molar-refractivity contribution in [2.45, 2.75) is 60.9 Å². The van der Waals surface area contributed by atoms with E-state index in [9.17, 15) is 14.2 Å². The summed E-state index contributed by atoms with van der Waals surface area (Å²) in [6.07, 6.45) is -0.164. The average Bonchev–Trinajstić information content (AvgIpc) is 3.36. The fraction of sp³-hybridized carbons (Fsp3) is 0.571. The molecule has 186 valence electrons. The minimum atomic E-state index is -3.92. The second-order valence-corrected chi connectivity index (χ2v) is 10.4. The number of carbonyl (C=O) groups is 2. The number of nitrogens with one attached hydrogen (secondary N) is 2. The van der Waals surface area contributed by atoms with Crippen LogP contribution < -0.4 is 21.4 Å². The molecule has 2 atom stereocenters. The lowest BCUT2D eigenvalue weighted by molar-refractivity contribution is -0.144. The molecule has 4 N–H and O–H groups in total. The molecular formula is C21H35N4O6PS. The molecule has 2 aromatic heterocycles. The molecule has 0 saturated heterocycles. The Morgan fingerprint density at radius 3 is 2.39 bits per heavy atom. The minimum absolute atomic E-state index is 0.0613. The molecule has 0 fully saturated rings. The molecule has 0 aromatic carbocycles. The van der Waals surface area contributed by atoms with Crippen molar-refractivity contribution < 1.29 is 28.0 Å². The summed E-state index contributed by atoms with van der Waals surface area (Å²) in [6.45, 7) is 13.1. The van der Waals surface area contributed by atoms with Gasteiger partial charge in [0.15, 0.2) is 16.4 Å². The van der Waals surface area contributed by atoms with Gasteiger partial charge in [0, 0.05) is 4.88 Å². The van der Waals surface area contributed by atoms with Crippen molar-refractivity contribution in [3.05, 3.63) is 17.0 Å². The van der Waals surface area contributed by atoms with Crippen molar-refractivity contribution in [2.24, 2.45) is 5.92 Å². The highest BCUT2D eigenvalue weighted by Gasteiger charge is 2.35. The maximum Gasteiger partial charge on any atom is 0.413 e. The van der Waals surface area contributed by atoms with Crippen LogP contribution in [0, 0.1) is 5.92 Å². The Labute approximate surface area is 199 Å². The van der Waals surface area contributed by atoms with Gasteiger partial charge in [0.05, 0.1) is 13.2 Å². The van der Waals surface area contributed by atoms with Gasteiger partial charge in [0.2, 0.25) is 0 Å². The van der Waals surface area contributed by atoms with Crippen molar-refractivity contribution >= 4 is 41.5 Å². The summed E-state index contributed by atoms with van der Waals surface area (Å²) in [5.74, 6) is 0.110. The van der Waals surface area contributed by atoms with E-state index in [4.69, 9.17) is 19.6 Å². The van der Waals surface area contributed by atoms with Crippen LogP contribution in [0.3, 0.4) is 0 Å². The van der Waals surface area contributed by atoms with E-state index in [2.05, 4.69) is 29.0 Å². The molecule has 0 saturated carbocycles. The highest BCUT2D eigenvalue weighted by atomic mass is 32.1. The number of furan rings is 1. The lowest BCUT2D eigenvalue weighted by Crippen LogP contribution is -2.41. The van der Waals surface area contributed by atoms with Gasteiger partial charge in [-0.25, -0.2) is 14.9 Å². The topological polar surface area (TPSA) is 146 Å². The first-order valence-corrected chi connectivity index (χ1v) is 13.5. The molecule has 0 radical (unpaired) electrons. The molecule has 12 heteroatoms. The number of esters is 1. The molecule has 33 heavy (non-hydrogen) atoms. The molecule has 0 bridgehead atoms. The van der Waals surface area contributed by atoms with E-state index in [0.717, 1.165) is 11.3 Å². The Bertz CT molecular complexity index is 958. The van der Waals surface area contributed by atoms with Crippen LogP contribution in [0.2, 0.25) is 0 Å². The highest BCUT2D eigenvalue weighted by Crippen LogP contribution is 2.39. The summed E-state index contributed by atoms with van der Waals surface area (Å²) in [6, 6.07) is 2.08. The second-order valence-electron chi connectivity index (χ2n) is 7.10. The van der Waals surface area contributed by atoms with E-state index in [-0.39, 0.29) is 18.7 Å². The zero-order valence-corrected chi connectivity index (χ0v) is 22.0. The molecule has 10 nitrogen and oxygen atoms in total. The third kappa shape index (κ3) is 8.17. The first kappa shape index (κ1) is 28.7. The second kappa shape index (κ2) is 13.4. The third-order valence-corrected chi connectivity index (χ3v) is 7.00. The summed E-state index contributed by atoms with van der Waals surface area (Å²) < 4.78 is 29.3. The summed E-state index contributed by atoms with van der Waals surface area (Å²) in [5.41, 5.74) is 6.38. The maximum atomic E-state index is 13.7. The third-order valence-electron chi connectivity index (χ3n) is 3.98. The van der Waals surface area contributed by atoms with Gasteiger partial charge in [-0.2, -0.15) is 0 Å². The van der Waals surface area contributed by atoms with Crippen molar-refractivity contribution in [2.75, 3.05) is 18.9 Å². The Morgan fingerprint density at radius 1 is 1.18 bits per heavy atom. The number of anilines is 1. The van der Waals surface area contributed by atoms with Gasteiger partial charge >= 0.3 is 19.5 Å². The Balaban J connectivity index is 0.00000265. The van der Waals surface area contributed by atoms with Crippen LogP contribution in [-0.4, -0.2) is 36.3 Å². The number of amides is 1. The molecule has 2 unspecified atom stereocenters. The standard InChI is InChI=1S/C19H29N4O6PS.C2H6/c1-6-27-17(24)12(5)22-30(26,23-19(25)28-7-2)15-9-8-13(29-15)16-14(10-11(3)4)31-18(20)21-16;1-2/h8-9,11-12H,6-7,10H2,1-5H3,(H2,20,21)(H2,22,23,25,26);1-2H3. The molecule has 2 rings (SSSR count). The van der Waals surface area contributed by atoms with E-state index in [1.807, 2.05) is 13.8 Å². The lowest BCUT2D eigenvalue weighted by atomic mass is 10.1. The number of hydrogen-bond donors (Lipinski definition) is 3. The smallest absolute Gasteiger partial charge is 0.413 e. The SMILES string of the molecule is CC.CCOC(=O)NP(=O)(NC(C)C(=O)OCC)c1ccc(-c2nc(N)sc2CC(C)C)o1. The van der Waals surface area contributed by atoms with Gasteiger partial charge in [-0.05, 0) is 45.2 Å². The zero-order valence-electron chi connectivity index (χ0n) is 20.3. The van der Waals surface area contributed by atoms with Gasteiger partial charge in [-0.1, -0.05) is 27.7 Å². The average molecular weight is 503 g/mol. The molecular weight excluding hydrogens is 467 g/mol. The van der Waals surface area contributed by atoms with Crippen molar-refractivity contribution in [1.29, 1.82) is 0 Å². The fourth-order valence-electron chi connectivity index (χ4n) is 2.73. The Kier molecular flexibility index (Phi) is 11.6. The minimum Gasteiger partial charge on any atom is -0.465 e. The predicted molar refractivity (Wildman–Crippen MR) is 131 cm³/mol. The summed E-state index contributed by atoms with van der Waals surface area (Å²) >= 11 is 1.36. The van der Waals surface area contributed by atoms with Crippen molar-refractivity contribution in [3.63, 3.8) is 0 Å². The van der Waals surface area contributed by atoms with E-state index >= 15 is 0 Å². The maximum absolute atomic E-state index is 13.7. The molecule has 2 heterocycles. The van der Waals surface area contributed by atoms with Crippen LogP contribution in [0.15, 0.2) is 16.5 Å². The van der Waals surface area contributed by atoms with Crippen LogP contribution in [0.1, 0.15) is 53.3 Å². The molecule has 0 aliphatic rings. The van der Waals surface area contributed by atoms with E-state index in [1.54, 1.807) is 19.9 Å². The highest BCUT2D eigenvalue weighted by molar-refractivity contribution is 7.68. The Morgan fingerprint density at radius 2 is 1.82 bits per heavy atom. The molecule has 2 aromatic rings. The van der Waals surface area contributed by atoms with Crippen molar-refractivity contribution in [1.82, 2.24) is 15.2 Å². The van der Waals surface area contributed by atoms with Gasteiger partial charge < -0.3 is 19.6 Å². The molecule has 0 aliphatic carbocycles. The predicted octanol–water partition coefficient (Wildman–Crippen LogP) is 4.32. The number of nitrogens with zero attached hydrogens (tertiary/aromatic N) is 1. The number of thiazole rings is 1. The number of nitrogen functional groups attached to an aromatic ring is 1. The number of hydrogen-bond acceptors (Lipinski definition) is 9. The van der Waals surface area contributed by atoms with Crippen molar-refractivity contribution in [3.8, 4) is 11.5 Å².